The number of piperazine rings is 1. The first-order valence-corrected chi connectivity index (χ1v) is 11.1. The van der Waals surface area contributed by atoms with Gasteiger partial charge in [0.15, 0.2) is 0 Å². The summed E-state index contributed by atoms with van der Waals surface area (Å²) in [5.74, 6) is 0. The number of alkyl halides is 3. The molecule has 1 fully saturated rings. The highest BCUT2D eigenvalue weighted by Crippen LogP contribution is 2.37. The Hall–Kier alpha value is -3.18. The van der Waals surface area contributed by atoms with Crippen molar-refractivity contribution in [2.24, 2.45) is 0 Å². The predicted octanol–water partition coefficient (Wildman–Crippen LogP) is 4.28. The van der Waals surface area contributed by atoms with Gasteiger partial charge in [0.05, 0.1) is 15.4 Å². The fraction of sp³-hybridized carbons (Fsp3) is 0.238. The Morgan fingerprint density at radius 2 is 1.53 bits per heavy atom. The quantitative estimate of drug-likeness (QED) is 0.424. The third-order valence-electron chi connectivity index (χ3n) is 5.44. The SMILES string of the molecule is O=[N+]([O-])c1cc(C(F)(F)F)ccc1N1CCN(S(=O)(=O)c2ccc3ccccc3c2)CC1. The van der Waals surface area contributed by atoms with Gasteiger partial charge in [-0.25, -0.2) is 8.42 Å². The topological polar surface area (TPSA) is 83.8 Å². The Morgan fingerprint density at radius 1 is 0.875 bits per heavy atom. The third-order valence-corrected chi connectivity index (χ3v) is 7.33. The van der Waals surface area contributed by atoms with Gasteiger partial charge in [-0.05, 0) is 35.0 Å². The highest BCUT2D eigenvalue weighted by atomic mass is 32.2. The maximum Gasteiger partial charge on any atom is 0.416 e. The molecule has 0 atom stereocenters. The second kappa shape index (κ2) is 8.06. The van der Waals surface area contributed by atoms with Crippen LogP contribution in [0.1, 0.15) is 5.56 Å². The molecule has 11 heteroatoms. The van der Waals surface area contributed by atoms with E-state index < -0.39 is 32.4 Å². The normalized spacial score (nSPS) is 15.8. The van der Waals surface area contributed by atoms with Gasteiger partial charge >= 0.3 is 6.18 Å². The molecule has 0 N–H and O–H groups in total. The van der Waals surface area contributed by atoms with Crippen LogP contribution < -0.4 is 4.90 Å². The van der Waals surface area contributed by atoms with E-state index in [1.54, 1.807) is 12.1 Å². The highest BCUT2D eigenvalue weighted by Gasteiger charge is 2.35. The minimum atomic E-state index is -4.70. The van der Waals surface area contributed by atoms with Crippen LogP contribution in [0.4, 0.5) is 24.5 Å². The van der Waals surface area contributed by atoms with Crippen molar-refractivity contribution in [3.8, 4) is 0 Å². The van der Waals surface area contributed by atoms with E-state index in [4.69, 9.17) is 0 Å². The van der Waals surface area contributed by atoms with E-state index in [1.165, 1.54) is 15.3 Å². The summed E-state index contributed by atoms with van der Waals surface area (Å²) in [5.41, 5.74) is -1.73. The van der Waals surface area contributed by atoms with Gasteiger partial charge in [-0.15, -0.1) is 0 Å². The lowest BCUT2D eigenvalue weighted by Gasteiger charge is -2.35. The molecule has 0 aromatic heterocycles. The molecule has 0 spiro atoms. The zero-order valence-electron chi connectivity index (χ0n) is 16.6. The number of sulfonamides is 1. The van der Waals surface area contributed by atoms with Gasteiger partial charge in [-0.2, -0.15) is 17.5 Å². The largest absolute Gasteiger partial charge is 0.416 e. The van der Waals surface area contributed by atoms with Gasteiger partial charge in [-0.3, -0.25) is 10.1 Å². The lowest BCUT2D eigenvalue weighted by atomic mass is 10.1. The molecule has 3 aromatic carbocycles. The van der Waals surface area contributed by atoms with Crippen molar-refractivity contribution in [1.82, 2.24) is 4.31 Å². The van der Waals surface area contributed by atoms with Crippen LogP contribution in [0.5, 0.6) is 0 Å². The molecule has 1 saturated heterocycles. The van der Waals surface area contributed by atoms with Crippen LogP contribution in [0.2, 0.25) is 0 Å². The average Bonchev–Trinajstić information content (AvgIpc) is 2.77. The molecule has 0 aliphatic carbocycles. The summed E-state index contributed by atoms with van der Waals surface area (Å²) in [7, 11) is -3.79. The molecule has 4 rings (SSSR count). The number of fused-ring (bicyclic) bond motifs is 1. The van der Waals surface area contributed by atoms with Crippen LogP contribution in [0.15, 0.2) is 65.6 Å². The van der Waals surface area contributed by atoms with Crippen molar-refractivity contribution in [1.29, 1.82) is 0 Å². The van der Waals surface area contributed by atoms with Gasteiger partial charge < -0.3 is 4.90 Å². The zero-order valence-corrected chi connectivity index (χ0v) is 17.4. The number of hydrogen-bond acceptors (Lipinski definition) is 5. The molecule has 0 radical (unpaired) electrons. The molecule has 0 amide bonds. The summed E-state index contributed by atoms with van der Waals surface area (Å²) in [4.78, 5) is 12.2. The molecule has 1 aliphatic rings. The van der Waals surface area contributed by atoms with Gasteiger partial charge in [-0.1, -0.05) is 30.3 Å². The van der Waals surface area contributed by atoms with Gasteiger partial charge in [0.25, 0.3) is 5.69 Å². The maximum atomic E-state index is 13.1. The number of benzene rings is 3. The van der Waals surface area contributed by atoms with E-state index in [0.717, 1.165) is 22.9 Å². The van der Waals surface area contributed by atoms with Crippen molar-refractivity contribution >= 4 is 32.2 Å². The Balaban J connectivity index is 1.55. The van der Waals surface area contributed by atoms with E-state index in [9.17, 15) is 31.7 Å². The van der Waals surface area contributed by atoms with Crippen LogP contribution >= 0.6 is 0 Å². The number of rotatable bonds is 4. The number of nitrogens with zero attached hydrogens (tertiary/aromatic N) is 3. The fourth-order valence-corrected chi connectivity index (χ4v) is 5.22. The summed E-state index contributed by atoms with van der Waals surface area (Å²) in [5, 5.41) is 13.1. The van der Waals surface area contributed by atoms with Crippen LogP contribution in [-0.2, 0) is 16.2 Å². The lowest BCUT2D eigenvalue weighted by Crippen LogP contribution is -2.48. The minimum absolute atomic E-state index is 0.0331. The predicted molar refractivity (Wildman–Crippen MR) is 113 cm³/mol. The number of nitro benzene ring substituents is 1. The fourth-order valence-electron chi connectivity index (χ4n) is 3.76. The average molecular weight is 465 g/mol. The van der Waals surface area contributed by atoms with E-state index in [2.05, 4.69) is 0 Å². The number of hydrogen-bond donors (Lipinski definition) is 0. The third kappa shape index (κ3) is 4.13. The van der Waals surface area contributed by atoms with E-state index in [-0.39, 0.29) is 36.8 Å². The zero-order chi connectivity index (χ0) is 23.1. The van der Waals surface area contributed by atoms with Gasteiger partial charge in [0.2, 0.25) is 10.0 Å². The van der Waals surface area contributed by atoms with E-state index >= 15 is 0 Å². The number of halogens is 3. The second-order valence-corrected chi connectivity index (χ2v) is 9.30. The van der Waals surface area contributed by atoms with Crippen molar-refractivity contribution in [2.45, 2.75) is 11.1 Å². The molecule has 0 unspecified atom stereocenters. The van der Waals surface area contributed by atoms with Crippen LogP contribution in [0.25, 0.3) is 10.8 Å². The van der Waals surface area contributed by atoms with Crippen LogP contribution in [-0.4, -0.2) is 43.8 Å². The standard InChI is InChI=1S/C21H18F3N3O4S/c22-21(23,24)17-6-8-19(20(14-17)27(28)29)25-9-11-26(12-10-25)32(30,31)18-7-5-15-3-1-2-4-16(15)13-18/h1-8,13-14H,9-12H2. The maximum absolute atomic E-state index is 13.1. The molecule has 0 saturated carbocycles. The monoisotopic (exact) mass is 465 g/mol. The van der Waals surface area contributed by atoms with E-state index in [1.807, 2.05) is 24.3 Å². The first-order valence-electron chi connectivity index (χ1n) is 9.67. The van der Waals surface area contributed by atoms with Crippen molar-refractivity contribution in [3.63, 3.8) is 0 Å². The number of nitro groups is 1. The molecule has 168 valence electrons. The number of anilines is 1. The molecule has 0 bridgehead atoms. The lowest BCUT2D eigenvalue weighted by molar-refractivity contribution is -0.384. The minimum Gasteiger partial charge on any atom is -0.363 e. The molecule has 1 aliphatic heterocycles. The van der Waals surface area contributed by atoms with Crippen molar-refractivity contribution in [3.05, 3.63) is 76.3 Å². The van der Waals surface area contributed by atoms with Crippen molar-refractivity contribution < 1.29 is 26.5 Å². The van der Waals surface area contributed by atoms with Gasteiger partial charge in [0, 0.05) is 32.2 Å². The Labute approximate surface area is 181 Å². The molecule has 1 heterocycles. The van der Waals surface area contributed by atoms with Crippen LogP contribution in [0.3, 0.4) is 0 Å². The summed E-state index contributed by atoms with van der Waals surface area (Å²) in [6.07, 6.45) is -4.70. The Kier molecular flexibility index (Phi) is 5.55. The Morgan fingerprint density at radius 3 is 2.16 bits per heavy atom. The van der Waals surface area contributed by atoms with E-state index in [0.29, 0.717) is 6.07 Å². The molecule has 32 heavy (non-hydrogen) atoms. The molecule has 3 aromatic rings. The van der Waals surface area contributed by atoms with Crippen LogP contribution in [0, 0.1) is 10.1 Å². The Bertz CT molecular complexity index is 1290. The highest BCUT2D eigenvalue weighted by molar-refractivity contribution is 7.89. The van der Waals surface area contributed by atoms with Crippen molar-refractivity contribution in [2.75, 3.05) is 31.1 Å². The molecule has 7 nitrogen and oxygen atoms in total. The van der Waals surface area contributed by atoms with Gasteiger partial charge in [0.1, 0.15) is 5.69 Å². The first-order chi connectivity index (χ1) is 15.1. The molecular formula is C21H18F3N3O4S. The summed E-state index contributed by atoms with van der Waals surface area (Å²) >= 11 is 0. The smallest absolute Gasteiger partial charge is 0.363 e. The second-order valence-electron chi connectivity index (χ2n) is 7.36. The molecular weight excluding hydrogens is 447 g/mol. The first kappa shape index (κ1) is 22.0. The summed E-state index contributed by atoms with van der Waals surface area (Å²) in [6, 6.07) is 14.6. The summed E-state index contributed by atoms with van der Waals surface area (Å²) < 4.78 is 66.2. The summed E-state index contributed by atoms with van der Waals surface area (Å²) in [6.45, 7) is 0.318.